The maximum absolute atomic E-state index is 13.6. The molecular weight excluding hydrogens is 288 g/mol. The van der Waals surface area contributed by atoms with Crippen LogP contribution in [-0.4, -0.2) is 10.9 Å². The second kappa shape index (κ2) is 5.42. The topological polar surface area (TPSA) is 68.0 Å². The first-order valence-corrected chi connectivity index (χ1v) is 5.95. The van der Waals surface area contributed by atoms with Gasteiger partial charge in [-0.15, -0.1) is 0 Å². The lowest BCUT2D eigenvalue weighted by Gasteiger charge is -2.09. The van der Waals surface area contributed by atoms with Gasteiger partial charge in [0.25, 0.3) is 5.91 Å². The molecule has 0 aliphatic carbocycles. The van der Waals surface area contributed by atoms with Crippen molar-refractivity contribution in [1.29, 1.82) is 0 Å². The molecule has 2 rings (SSSR count). The SMILES string of the molecule is Cc1nc(Cl)ccc1NC(=O)c1cc(N)c(F)cc1F. The zero-order chi connectivity index (χ0) is 14.9. The summed E-state index contributed by atoms with van der Waals surface area (Å²) in [5, 5.41) is 2.74. The van der Waals surface area contributed by atoms with Crippen LogP contribution in [0.2, 0.25) is 5.15 Å². The molecule has 0 spiro atoms. The van der Waals surface area contributed by atoms with Crippen LogP contribution in [0.4, 0.5) is 20.2 Å². The first-order chi connectivity index (χ1) is 9.38. The number of nitrogen functional groups attached to an aromatic ring is 1. The lowest BCUT2D eigenvalue weighted by Crippen LogP contribution is -2.15. The van der Waals surface area contributed by atoms with E-state index in [4.69, 9.17) is 17.3 Å². The number of aromatic nitrogens is 1. The summed E-state index contributed by atoms with van der Waals surface area (Å²) in [5.41, 5.74) is 5.52. The van der Waals surface area contributed by atoms with Crippen LogP contribution < -0.4 is 11.1 Å². The number of carbonyl (C=O) groups excluding carboxylic acids is 1. The van der Waals surface area contributed by atoms with E-state index < -0.39 is 17.5 Å². The summed E-state index contributed by atoms with van der Waals surface area (Å²) >= 11 is 5.69. The largest absolute Gasteiger partial charge is 0.396 e. The molecule has 104 valence electrons. The van der Waals surface area contributed by atoms with Crippen molar-refractivity contribution in [3.8, 4) is 0 Å². The monoisotopic (exact) mass is 297 g/mol. The first-order valence-electron chi connectivity index (χ1n) is 5.57. The van der Waals surface area contributed by atoms with E-state index in [0.29, 0.717) is 17.4 Å². The molecule has 3 N–H and O–H groups in total. The predicted octanol–water partition coefficient (Wildman–Crippen LogP) is 3.16. The van der Waals surface area contributed by atoms with E-state index in [0.717, 1.165) is 6.07 Å². The summed E-state index contributed by atoms with van der Waals surface area (Å²) in [6.45, 7) is 1.64. The Morgan fingerprint density at radius 3 is 2.65 bits per heavy atom. The van der Waals surface area contributed by atoms with Gasteiger partial charge < -0.3 is 11.1 Å². The van der Waals surface area contributed by atoms with E-state index >= 15 is 0 Å². The van der Waals surface area contributed by atoms with E-state index in [1.165, 1.54) is 12.1 Å². The van der Waals surface area contributed by atoms with Crippen molar-refractivity contribution in [2.45, 2.75) is 6.92 Å². The molecule has 0 saturated carbocycles. The number of benzene rings is 1. The van der Waals surface area contributed by atoms with Crippen molar-refractivity contribution < 1.29 is 13.6 Å². The van der Waals surface area contributed by atoms with Gasteiger partial charge in [0.05, 0.1) is 22.6 Å². The predicted molar refractivity (Wildman–Crippen MR) is 72.7 cm³/mol. The molecule has 20 heavy (non-hydrogen) atoms. The molecule has 2 aromatic rings. The van der Waals surface area contributed by atoms with Crippen molar-refractivity contribution in [1.82, 2.24) is 4.98 Å². The molecule has 1 aromatic heterocycles. The lowest BCUT2D eigenvalue weighted by molar-refractivity contribution is 0.102. The van der Waals surface area contributed by atoms with E-state index in [-0.39, 0.29) is 16.4 Å². The molecule has 7 heteroatoms. The third-order valence-corrected chi connectivity index (χ3v) is 2.84. The summed E-state index contributed by atoms with van der Waals surface area (Å²) in [5.74, 6) is -2.65. The van der Waals surface area contributed by atoms with Crippen LogP contribution in [0.5, 0.6) is 0 Å². The van der Waals surface area contributed by atoms with E-state index in [9.17, 15) is 13.6 Å². The third-order valence-electron chi connectivity index (χ3n) is 2.63. The molecule has 4 nitrogen and oxygen atoms in total. The average molecular weight is 298 g/mol. The van der Waals surface area contributed by atoms with Gasteiger partial charge in [-0.2, -0.15) is 0 Å². The zero-order valence-corrected chi connectivity index (χ0v) is 11.1. The molecule has 1 heterocycles. The van der Waals surface area contributed by atoms with Crippen LogP contribution >= 0.6 is 11.6 Å². The minimum absolute atomic E-state index is 0.276. The Bertz CT molecular complexity index is 692. The molecule has 0 unspecified atom stereocenters. The zero-order valence-electron chi connectivity index (χ0n) is 10.4. The van der Waals surface area contributed by atoms with Crippen molar-refractivity contribution in [3.63, 3.8) is 0 Å². The average Bonchev–Trinajstić information content (AvgIpc) is 2.37. The molecule has 0 fully saturated rings. The number of hydrogen-bond donors (Lipinski definition) is 2. The van der Waals surface area contributed by atoms with Crippen LogP contribution in [-0.2, 0) is 0 Å². The molecule has 0 atom stereocenters. The molecular formula is C13H10ClF2N3O. The number of halogens is 3. The van der Waals surface area contributed by atoms with E-state index in [2.05, 4.69) is 10.3 Å². The second-order valence-corrected chi connectivity index (χ2v) is 4.46. The number of rotatable bonds is 2. The normalized spacial score (nSPS) is 10.4. The highest BCUT2D eigenvalue weighted by atomic mass is 35.5. The summed E-state index contributed by atoms with van der Waals surface area (Å²) in [6, 6.07) is 4.53. The summed E-state index contributed by atoms with van der Waals surface area (Å²) in [4.78, 5) is 15.9. The molecule has 0 radical (unpaired) electrons. The van der Waals surface area contributed by atoms with Crippen molar-refractivity contribution in [2.75, 3.05) is 11.1 Å². The van der Waals surface area contributed by atoms with Gasteiger partial charge in [-0.05, 0) is 25.1 Å². The maximum Gasteiger partial charge on any atom is 0.258 e. The minimum Gasteiger partial charge on any atom is -0.396 e. The van der Waals surface area contributed by atoms with Gasteiger partial charge in [0, 0.05) is 6.07 Å². The molecule has 0 bridgehead atoms. The number of anilines is 2. The second-order valence-electron chi connectivity index (χ2n) is 4.07. The van der Waals surface area contributed by atoms with Crippen LogP contribution in [0.1, 0.15) is 16.1 Å². The number of nitrogens with one attached hydrogen (secondary N) is 1. The quantitative estimate of drug-likeness (QED) is 0.661. The van der Waals surface area contributed by atoms with E-state index in [1.54, 1.807) is 6.92 Å². The van der Waals surface area contributed by atoms with Gasteiger partial charge in [-0.25, -0.2) is 13.8 Å². The van der Waals surface area contributed by atoms with Crippen LogP contribution in [0, 0.1) is 18.6 Å². The highest BCUT2D eigenvalue weighted by molar-refractivity contribution is 6.29. The van der Waals surface area contributed by atoms with E-state index in [1.807, 2.05) is 0 Å². The molecule has 0 aliphatic rings. The van der Waals surface area contributed by atoms with Crippen molar-refractivity contribution in [3.05, 3.63) is 52.3 Å². The van der Waals surface area contributed by atoms with Crippen LogP contribution in [0.25, 0.3) is 0 Å². The van der Waals surface area contributed by atoms with Gasteiger partial charge in [-0.1, -0.05) is 11.6 Å². The van der Waals surface area contributed by atoms with Crippen LogP contribution in [0.3, 0.4) is 0 Å². The number of aryl methyl sites for hydroxylation is 1. The van der Waals surface area contributed by atoms with Gasteiger partial charge in [0.1, 0.15) is 16.8 Å². The summed E-state index contributed by atoms with van der Waals surface area (Å²) < 4.78 is 26.6. The van der Waals surface area contributed by atoms with Gasteiger partial charge in [0.15, 0.2) is 0 Å². The summed E-state index contributed by atoms with van der Waals surface area (Å²) in [7, 11) is 0. The Hall–Kier alpha value is -2.21. The highest BCUT2D eigenvalue weighted by Gasteiger charge is 2.16. The number of nitrogens with two attached hydrogens (primary N) is 1. The van der Waals surface area contributed by atoms with Gasteiger partial charge in [-0.3, -0.25) is 4.79 Å². The Morgan fingerprint density at radius 2 is 2.00 bits per heavy atom. The smallest absolute Gasteiger partial charge is 0.258 e. The Kier molecular flexibility index (Phi) is 3.85. The third kappa shape index (κ3) is 2.85. The van der Waals surface area contributed by atoms with Gasteiger partial charge >= 0.3 is 0 Å². The number of nitrogens with zero attached hydrogens (tertiary/aromatic N) is 1. The Balaban J connectivity index is 2.31. The first kappa shape index (κ1) is 14.2. The summed E-state index contributed by atoms with van der Waals surface area (Å²) in [6.07, 6.45) is 0. The molecule has 0 aliphatic heterocycles. The van der Waals surface area contributed by atoms with Crippen LogP contribution in [0.15, 0.2) is 24.3 Å². The Morgan fingerprint density at radius 1 is 1.30 bits per heavy atom. The van der Waals surface area contributed by atoms with Crippen molar-refractivity contribution >= 4 is 28.9 Å². The fourth-order valence-corrected chi connectivity index (χ4v) is 1.78. The minimum atomic E-state index is -0.992. The fraction of sp³-hybridized carbons (Fsp3) is 0.0769. The van der Waals surface area contributed by atoms with Gasteiger partial charge in [0.2, 0.25) is 0 Å². The molecule has 1 amide bonds. The highest BCUT2D eigenvalue weighted by Crippen LogP contribution is 2.20. The lowest BCUT2D eigenvalue weighted by atomic mass is 10.1. The number of pyridine rings is 1. The number of amides is 1. The molecule has 1 aromatic carbocycles. The standard InChI is InChI=1S/C13H10ClF2N3O/c1-6-11(2-3-12(14)18-6)19-13(20)7-4-10(17)9(16)5-8(7)15/h2-5H,17H2,1H3,(H,19,20). The van der Waals surface area contributed by atoms with Crippen molar-refractivity contribution in [2.24, 2.45) is 0 Å². The maximum atomic E-state index is 13.6. The number of carbonyl (C=O) groups is 1. The number of hydrogen-bond acceptors (Lipinski definition) is 3. The Labute approximate surface area is 118 Å². The molecule has 0 saturated heterocycles. The fourth-order valence-electron chi connectivity index (χ4n) is 1.59.